The lowest BCUT2D eigenvalue weighted by Gasteiger charge is -2.39. The Morgan fingerprint density at radius 2 is 1.61 bits per heavy atom. The van der Waals surface area contributed by atoms with Crippen LogP contribution in [0.2, 0.25) is 0 Å². The van der Waals surface area contributed by atoms with E-state index >= 15 is 0 Å². The Balaban J connectivity index is 1.47. The number of benzene rings is 2. The monoisotopic (exact) mass is 477 g/mol. The fraction of sp³-hybridized carbons (Fsp3) is 0.231. The van der Waals surface area contributed by atoms with E-state index in [0.29, 0.717) is 0 Å². The predicted octanol–water partition coefficient (Wildman–Crippen LogP) is 6.06. The zero-order chi connectivity index (χ0) is 22.1. The molecule has 4 rings (SSSR count). The summed E-state index contributed by atoms with van der Waals surface area (Å²) in [5, 5.41) is 1.02. The van der Waals surface area contributed by atoms with Crippen LogP contribution >= 0.6 is 15.9 Å². The van der Waals surface area contributed by atoms with Gasteiger partial charge in [-0.25, -0.2) is 0 Å². The molecular weight excluding hydrogens is 450 g/mol. The van der Waals surface area contributed by atoms with Crippen molar-refractivity contribution in [1.82, 2.24) is 14.8 Å². The van der Waals surface area contributed by atoms with Crippen molar-refractivity contribution in [1.29, 1.82) is 0 Å². The second-order valence-electron chi connectivity index (χ2n) is 7.91. The van der Waals surface area contributed by atoms with Gasteiger partial charge in [-0.3, -0.25) is 0 Å². The summed E-state index contributed by atoms with van der Waals surface area (Å²) in [6.45, 7) is 18.8. The Morgan fingerprint density at radius 1 is 0.968 bits per heavy atom. The Bertz CT molecular complexity index is 1150. The first-order chi connectivity index (χ1) is 14.9. The summed E-state index contributed by atoms with van der Waals surface area (Å²) in [6, 6.07) is 12.5. The number of fused-ring (bicyclic) bond motifs is 1. The summed E-state index contributed by atoms with van der Waals surface area (Å²) in [5.74, 6) is 0.822. The van der Waals surface area contributed by atoms with Crippen molar-refractivity contribution < 1.29 is 4.74 Å². The Morgan fingerprint density at radius 3 is 2.26 bits per heavy atom. The Kier molecular flexibility index (Phi) is 5.96. The van der Waals surface area contributed by atoms with E-state index < -0.39 is 0 Å². The molecule has 1 aromatic heterocycles. The number of H-pyrrole nitrogens is 1. The molecule has 1 fully saturated rings. The summed E-state index contributed by atoms with van der Waals surface area (Å²) in [4.78, 5) is 8.01. The number of aromatic nitrogens is 1. The van der Waals surface area contributed by atoms with Crippen LogP contribution in [0.1, 0.15) is 16.7 Å². The van der Waals surface area contributed by atoms with Crippen LogP contribution in [0.5, 0.6) is 5.75 Å². The molecule has 1 saturated heterocycles. The summed E-state index contributed by atoms with van der Waals surface area (Å²) < 4.78 is 6.60. The first-order valence-electron chi connectivity index (χ1n) is 10.4. The van der Waals surface area contributed by atoms with E-state index in [0.717, 1.165) is 69.8 Å². The zero-order valence-electron chi connectivity index (χ0n) is 18.2. The van der Waals surface area contributed by atoms with Crippen molar-refractivity contribution in [3.63, 3.8) is 0 Å². The number of aromatic amines is 1. The molecule has 0 bridgehead atoms. The van der Waals surface area contributed by atoms with Gasteiger partial charge in [0.1, 0.15) is 5.75 Å². The van der Waals surface area contributed by atoms with Crippen LogP contribution in [0, 0.1) is 6.92 Å². The van der Waals surface area contributed by atoms with E-state index in [1.54, 1.807) is 7.11 Å². The number of nitrogens with one attached hydrogen (secondary N) is 1. The summed E-state index contributed by atoms with van der Waals surface area (Å²) in [6.07, 6.45) is 1.99. The maximum Gasteiger partial charge on any atom is 0.128 e. The number of ether oxygens (including phenoxy) is 1. The highest BCUT2D eigenvalue weighted by molar-refractivity contribution is 9.10. The molecule has 0 spiro atoms. The van der Waals surface area contributed by atoms with Gasteiger partial charge in [0.25, 0.3) is 0 Å². The molecule has 0 aliphatic carbocycles. The molecule has 2 aromatic carbocycles. The van der Waals surface area contributed by atoms with Crippen molar-refractivity contribution in [2.75, 3.05) is 33.3 Å². The minimum atomic E-state index is 0.822. The van der Waals surface area contributed by atoms with Crippen molar-refractivity contribution in [3.05, 3.63) is 89.2 Å². The van der Waals surface area contributed by atoms with Gasteiger partial charge in [0.2, 0.25) is 0 Å². The van der Waals surface area contributed by atoms with Crippen LogP contribution in [0.15, 0.2) is 72.5 Å². The molecule has 2 heterocycles. The van der Waals surface area contributed by atoms with Crippen molar-refractivity contribution >= 4 is 38.1 Å². The summed E-state index contributed by atoms with van der Waals surface area (Å²) in [7, 11) is 1.69. The van der Waals surface area contributed by atoms with E-state index in [9.17, 15) is 0 Å². The van der Waals surface area contributed by atoms with Crippen molar-refractivity contribution in [3.8, 4) is 5.75 Å². The van der Waals surface area contributed by atoms with Crippen molar-refractivity contribution in [2.24, 2.45) is 0 Å². The van der Waals surface area contributed by atoms with E-state index in [2.05, 4.69) is 81.6 Å². The molecule has 0 unspecified atom stereocenters. The molecule has 5 heteroatoms. The second kappa shape index (κ2) is 8.67. The van der Waals surface area contributed by atoms with Gasteiger partial charge in [-0.05, 0) is 46.1 Å². The predicted molar refractivity (Wildman–Crippen MR) is 134 cm³/mol. The molecule has 0 radical (unpaired) electrons. The van der Waals surface area contributed by atoms with Gasteiger partial charge >= 0.3 is 0 Å². The van der Waals surface area contributed by atoms with E-state index in [-0.39, 0.29) is 0 Å². The summed E-state index contributed by atoms with van der Waals surface area (Å²) >= 11 is 3.62. The van der Waals surface area contributed by atoms with Crippen LogP contribution in [0.3, 0.4) is 0 Å². The number of methoxy groups -OCH3 is 1. The van der Waals surface area contributed by atoms with Crippen LogP contribution < -0.4 is 4.74 Å². The second-order valence-corrected chi connectivity index (χ2v) is 8.77. The molecule has 0 atom stereocenters. The van der Waals surface area contributed by atoms with E-state index in [1.165, 1.54) is 11.1 Å². The number of piperazine rings is 1. The molecule has 31 heavy (non-hydrogen) atoms. The maximum absolute atomic E-state index is 5.61. The molecule has 0 saturated carbocycles. The standard InChI is InChI=1S/C26H28BrN3O/c1-17-6-8-21(9-7-17)20(4)30-14-12-29(13-15-30)19(3)18(2)22-16-28-26-23(27)10-11-24(31-5)25(22)26/h6-11,16,28H,2-4,12-15H2,1,5H3. The first kappa shape index (κ1) is 21.3. The lowest BCUT2D eigenvalue weighted by atomic mass is 10.0. The number of hydrogen-bond acceptors (Lipinski definition) is 3. The molecule has 0 amide bonds. The topological polar surface area (TPSA) is 31.5 Å². The van der Waals surface area contributed by atoms with Gasteiger partial charge in [0.15, 0.2) is 0 Å². The first-order valence-corrected chi connectivity index (χ1v) is 11.2. The smallest absolute Gasteiger partial charge is 0.128 e. The fourth-order valence-corrected chi connectivity index (χ4v) is 4.56. The van der Waals surface area contributed by atoms with Crippen LogP contribution in [-0.2, 0) is 0 Å². The highest BCUT2D eigenvalue weighted by Crippen LogP contribution is 2.38. The number of aryl methyl sites for hydroxylation is 1. The number of halogens is 1. The summed E-state index contributed by atoms with van der Waals surface area (Å²) in [5.41, 5.74) is 7.40. The normalized spacial score (nSPS) is 14.0. The van der Waals surface area contributed by atoms with Crippen LogP contribution in [-0.4, -0.2) is 48.1 Å². The fourth-order valence-electron chi connectivity index (χ4n) is 4.11. The van der Waals surface area contributed by atoms with Gasteiger partial charge < -0.3 is 19.5 Å². The van der Waals surface area contributed by atoms with Gasteiger partial charge in [-0.2, -0.15) is 0 Å². The number of nitrogens with zero attached hydrogens (tertiary/aromatic N) is 2. The largest absolute Gasteiger partial charge is 0.496 e. The number of allylic oxidation sites excluding steroid dienone is 1. The third-order valence-corrected chi connectivity index (χ3v) is 6.73. The molecule has 1 aliphatic rings. The minimum Gasteiger partial charge on any atom is -0.496 e. The third kappa shape index (κ3) is 4.02. The molecular formula is C26H28BrN3O. The number of rotatable bonds is 6. The average molecular weight is 478 g/mol. The van der Waals surface area contributed by atoms with Gasteiger partial charge in [-0.15, -0.1) is 0 Å². The van der Waals surface area contributed by atoms with E-state index in [4.69, 9.17) is 4.74 Å². The van der Waals surface area contributed by atoms with Gasteiger partial charge in [0.05, 0.1) is 18.0 Å². The van der Waals surface area contributed by atoms with E-state index in [1.807, 2.05) is 18.3 Å². The molecule has 1 N–H and O–H groups in total. The Labute approximate surface area is 192 Å². The quantitative estimate of drug-likeness (QED) is 0.437. The lowest BCUT2D eigenvalue weighted by molar-refractivity contribution is 0.220. The third-order valence-electron chi connectivity index (χ3n) is 6.07. The number of hydrogen-bond donors (Lipinski definition) is 1. The van der Waals surface area contributed by atoms with Gasteiger partial charge in [0, 0.05) is 53.8 Å². The SMILES string of the molecule is C=C(C(=C)N1CCN(C(=C)c2ccc(C)cc2)CC1)c1c[nH]c2c(Br)ccc(OC)c12. The molecule has 3 aromatic rings. The average Bonchev–Trinajstić information content (AvgIpc) is 3.25. The highest BCUT2D eigenvalue weighted by atomic mass is 79.9. The van der Waals surface area contributed by atoms with Crippen molar-refractivity contribution in [2.45, 2.75) is 6.92 Å². The lowest BCUT2D eigenvalue weighted by Crippen LogP contribution is -2.44. The van der Waals surface area contributed by atoms with Crippen LogP contribution in [0.25, 0.3) is 22.2 Å². The molecule has 1 aliphatic heterocycles. The van der Waals surface area contributed by atoms with Gasteiger partial charge in [-0.1, -0.05) is 49.6 Å². The van der Waals surface area contributed by atoms with Crippen LogP contribution in [0.4, 0.5) is 0 Å². The zero-order valence-corrected chi connectivity index (χ0v) is 19.8. The minimum absolute atomic E-state index is 0.822. The Hall–Kier alpha value is -2.92. The molecule has 4 nitrogen and oxygen atoms in total. The molecule has 160 valence electrons. The highest BCUT2D eigenvalue weighted by Gasteiger charge is 2.23. The maximum atomic E-state index is 5.61.